The van der Waals surface area contributed by atoms with Crippen LogP contribution in [0.3, 0.4) is 0 Å². The van der Waals surface area contributed by atoms with E-state index in [4.69, 9.17) is 15.0 Å². The van der Waals surface area contributed by atoms with Crippen LogP contribution in [0.15, 0.2) is 23.3 Å². The summed E-state index contributed by atoms with van der Waals surface area (Å²) in [4.78, 5) is 8.36. The highest BCUT2D eigenvalue weighted by Gasteiger charge is 1.86. The molecule has 0 spiro atoms. The summed E-state index contributed by atoms with van der Waals surface area (Å²) in [7, 11) is 0. The van der Waals surface area contributed by atoms with Crippen LogP contribution in [0.4, 0.5) is 0 Å². The first-order valence-corrected chi connectivity index (χ1v) is 4.56. The molecule has 0 bridgehead atoms. The van der Waals surface area contributed by atoms with Crippen molar-refractivity contribution in [2.75, 3.05) is 6.61 Å². The molecule has 0 amide bonds. The largest absolute Gasteiger partial charge is 0.483 e. The number of carbonyl (C=O) groups is 1. The molecule has 0 rings (SSSR count). The van der Waals surface area contributed by atoms with E-state index in [-0.39, 0.29) is 13.1 Å². The van der Waals surface area contributed by atoms with Crippen molar-refractivity contribution in [1.82, 2.24) is 0 Å². The Morgan fingerprint density at radius 3 is 2.07 bits per heavy atom. The zero-order valence-electron chi connectivity index (χ0n) is 9.16. The molecule has 0 aromatic heterocycles. The van der Waals surface area contributed by atoms with Gasteiger partial charge in [-0.15, -0.1) is 0 Å². The van der Waals surface area contributed by atoms with E-state index in [0.29, 0.717) is 0 Å². The number of hydrogen-bond donors (Lipinski definition) is 2. The van der Waals surface area contributed by atoms with E-state index < -0.39 is 0 Å². The molecule has 0 unspecified atom stereocenters. The fraction of sp³-hybridized carbons (Fsp3) is 0.545. The Morgan fingerprint density at radius 1 is 1.21 bits per heavy atom. The number of allylic oxidation sites excluding steroid dienone is 3. The molecule has 0 aliphatic carbocycles. The van der Waals surface area contributed by atoms with Gasteiger partial charge in [-0.05, 0) is 33.6 Å². The monoisotopic (exact) mass is 200 g/mol. The van der Waals surface area contributed by atoms with E-state index >= 15 is 0 Å². The first-order valence-electron chi connectivity index (χ1n) is 4.56. The average Bonchev–Trinajstić information content (AvgIpc) is 2.05. The number of rotatable bonds is 4. The van der Waals surface area contributed by atoms with Crippen molar-refractivity contribution >= 4 is 6.47 Å². The summed E-state index contributed by atoms with van der Waals surface area (Å²) in [6.07, 6.45) is 6.23. The minimum absolute atomic E-state index is 0.167. The Kier molecular flexibility index (Phi) is 13.1. The van der Waals surface area contributed by atoms with Crippen LogP contribution in [0.2, 0.25) is 0 Å². The molecule has 0 aliphatic heterocycles. The van der Waals surface area contributed by atoms with Gasteiger partial charge in [0.15, 0.2) is 0 Å². The Bertz CT molecular complexity index is 189. The molecule has 0 aromatic carbocycles. The number of carboxylic acid groups (broad SMARTS) is 1. The standard InChI is InChI=1S/C10H18O.CH2O2/c1-9(2)5-4-6-10(3)7-8-11;2-1-3/h5,7,11H,4,6,8H2,1-3H3;1H,(H,2,3)/b10-7+;. The van der Waals surface area contributed by atoms with E-state index in [9.17, 15) is 0 Å². The zero-order chi connectivity index (χ0) is 11.4. The molecule has 3 nitrogen and oxygen atoms in total. The molecule has 0 atom stereocenters. The highest BCUT2D eigenvalue weighted by atomic mass is 16.3. The van der Waals surface area contributed by atoms with E-state index in [2.05, 4.69) is 26.8 Å². The van der Waals surface area contributed by atoms with Gasteiger partial charge < -0.3 is 10.2 Å². The first kappa shape index (κ1) is 15.4. The summed E-state index contributed by atoms with van der Waals surface area (Å²) in [6, 6.07) is 0. The van der Waals surface area contributed by atoms with Crippen LogP contribution in [0, 0.1) is 0 Å². The van der Waals surface area contributed by atoms with Crippen molar-refractivity contribution in [2.45, 2.75) is 33.6 Å². The van der Waals surface area contributed by atoms with Crippen molar-refractivity contribution in [3.05, 3.63) is 23.3 Å². The van der Waals surface area contributed by atoms with Gasteiger partial charge in [0.25, 0.3) is 6.47 Å². The van der Waals surface area contributed by atoms with Crippen molar-refractivity contribution in [3.63, 3.8) is 0 Å². The van der Waals surface area contributed by atoms with Crippen LogP contribution in [-0.4, -0.2) is 23.3 Å². The lowest BCUT2D eigenvalue weighted by molar-refractivity contribution is -0.122. The third-order valence-electron chi connectivity index (χ3n) is 1.53. The third kappa shape index (κ3) is 17.1. The second-order valence-corrected chi connectivity index (χ2v) is 3.16. The fourth-order valence-electron chi connectivity index (χ4n) is 0.846. The van der Waals surface area contributed by atoms with Gasteiger partial charge in [0.2, 0.25) is 0 Å². The van der Waals surface area contributed by atoms with Gasteiger partial charge in [0.1, 0.15) is 0 Å². The lowest BCUT2D eigenvalue weighted by atomic mass is 10.1. The van der Waals surface area contributed by atoms with Gasteiger partial charge in [-0.1, -0.05) is 23.3 Å². The van der Waals surface area contributed by atoms with E-state index in [1.54, 1.807) is 0 Å². The van der Waals surface area contributed by atoms with Gasteiger partial charge >= 0.3 is 0 Å². The Hall–Kier alpha value is -1.09. The molecule has 14 heavy (non-hydrogen) atoms. The summed E-state index contributed by atoms with van der Waals surface area (Å²) in [5.74, 6) is 0. The smallest absolute Gasteiger partial charge is 0.290 e. The minimum Gasteiger partial charge on any atom is -0.483 e. The minimum atomic E-state index is -0.250. The molecule has 0 heterocycles. The topological polar surface area (TPSA) is 57.5 Å². The molecular formula is C11H20O3. The van der Waals surface area contributed by atoms with Crippen molar-refractivity contribution in [3.8, 4) is 0 Å². The van der Waals surface area contributed by atoms with E-state index in [1.807, 2.05) is 6.08 Å². The fourth-order valence-corrected chi connectivity index (χ4v) is 0.846. The quantitative estimate of drug-likeness (QED) is 0.541. The summed E-state index contributed by atoms with van der Waals surface area (Å²) in [5, 5.41) is 15.4. The Morgan fingerprint density at radius 2 is 1.71 bits per heavy atom. The van der Waals surface area contributed by atoms with Crippen LogP contribution in [0.25, 0.3) is 0 Å². The normalized spacial score (nSPS) is 9.86. The maximum atomic E-state index is 8.55. The van der Waals surface area contributed by atoms with Crippen LogP contribution in [0.1, 0.15) is 33.6 Å². The summed E-state index contributed by atoms with van der Waals surface area (Å²) in [6.45, 7) is 6.17. The molecule has 3 heteroatoms. The average molecular weight is 200 g/mol. The lowest BCUT2D eigenvalue weighted by Crippen LogP contribution is -1.80. The van der Waals surface area contributed by atoms with Gasteiger partial charge in [0, 0.05) is 0 Å². The third-order valence-corrected chi connectivity index (χ3v) is 1.53. The van der Waals surface area contributed by atoms with Crippen molar-refractivity contribution in [1.29, 1.82) is 0 Å². The highest BCUT2D eigenvalue weighted by molar-refractivity contribution is 5.32. The molecule has 0 aromatic rings. The lowest BCUT2D eigenvalue weighted by Gasteiger charge is -1.96. The predicted octanol–water partition coefficient (Wildman–Crippen LogP) is 2.37. The molecule has 0 saturated heterocycles. The maximum Gasteiger partial charge on any atom is 0.290 e. The van der Waals surface area contributed by atoms with Crippen LogP contribution in [-0.2, 0) is 4.79 Å². The molecule has 2 N–H and O–H groups in total. The number of aliphatic hydroxyl groups excluding tert-OH is 1. The number of aliphatic hydroxyl groups is 1. The Balaban J connectivity index is 0. The molecular weight excluding hydrogens is 180 g/mol. The maximum absolute atomic E-state index is 8.55. The van der Waals surface area contributed by atoms with Crippen LogP contribution in [0.5, 0.6) is 0 Å². The molecule has 0 saturated carbocycles. The van der Waals surface area contributed by atoms with Gasteiger partial charge in [-0.3, -0.25) is 4.79 Å². The molecule has 0 radical (unpaired) electrons. The first-order chi connectivity index (χ1) is 6.58. The highest BCUT2D eigenvalue weighted by Crippen LogP contribution is 2.05. The van der Waals surface area contributed by atoms with Gasteiger partial charge in [-0.25, -0.2) is 0 Å². The van der Waals surface area contributed by atoms with Gasteiger partial charge in [0.05, 0.1) is 6.61 Å². The van der Waals surface area contributed by atoms with Crippen molar-refractivity contribution < 1.29 is 15.0 Å². The molecule has 0 aliphatic rings. The molecule has 82 valence electrons. The van der Waals surface area contributed by atoms with Crippen molar-refractivity contribution in [2.24, 2.45) is 0 Å². The summed E-state index contributed by atoms with van der Waals surface area (Å²) < 4.78 is 0. The second-order valence-electron chi connectivity index (χ2n) is 3.16. The van der Waals surface area contributed by atoms with Crippen LogP contribution < -0.4 is 0 Å². The van der Waals surface area contributed by atoms with Crippen LogP contribution >= 0.6 is 0 Å². The SMILES string of the molecule is CC(C)=CCC/C(C)=C/CO.O=CO. The number of hydrogen-bond acceptors (Lipinski definition) is 2. The predicted molar refractivity (Wildman–Crippen MR) is 58.2 cm³/mol. The zero-order valence-corrected chi connectivity index (χ0v) is 9.16. The summed E-state index contributed by atoms with van der Waals surface area (Å²) in [5.41, 5.74) is 2.63. The summed E-state index contributed by atoms with van der Waals surface area (Å²) >= 11 is 0. The van der Waals surface area contributed by atoms with E-state index in [1.165, 1.54) is 11.1 Å². The van der Waals surface area contributed by atoms with E-state index in [0.717, 1.165) is 12.8 Å². The second kappa shape index (κ2) is 11.9. The van der Waals surface area contributed by atoms with Gasteiger partial charge in [-0.2, -0.15) is 0 Å². The molecule has 0 fully saturated rings. The Labute approximate surface area is 85.8 Å².